The first-order valence-electron chi connectivity index (χ1n) is 9.97. The second kappa shape index (κ2) is 7.57. The van der Waals surface area contributed by atoms with Gasteiger partial charge < -0.3 is 9.32 Å². The Morgan fingerprint density at radius 3 is 2.73 bits per heavy atom. The highest BCUT2D eigenvalue weighted by molar-refractivity contribution is 7.22. The number of aryl methyl sites for hydroxylation is 1. The van der Waals surface area contributed by atoms with Gasteiger partial charge in [0.25, 0.3) is 5.56 Å². The standard InChI is InChI=1S/C23H21N3O3S/c1-15-7-10-18(29-15)12-26(17-8-9-17)21(27)13-25-14-24-19-11-20(30-22(19)23(25)28)16-5-3-2-4-6-16/h2-7,10-11,14,17H,8-9,12-13H2,1H3. The van der Waals surface area contributed by atoms with Gasteiger partial charge in [-0.2, -0.15) is 0 Å². The van der Waals surface area contributed by atoms with Crippen molar-refractivity contribution in [2.75, 3.05) is 0 Å². The van der Waals surface area contributed by atoms with Gasteiger partial charge in [-0.05, 0) is 43.5 Å². The van der Waals surface area contributed by atoms with Crippen LogP contribution in [0.5, 0.6) is 0 Å². The molecule has 0 unspecified atom stereocenters. The normalized spacial score (nSPS) is 13.6. The van der Waals surface area contributed by atoms with E-state index in [1.54, 1.807) is 0 Å². The number of benzene rings is 1. The molecule has 0 radical (unpaired) electrons. The number of furan rings is 1. The van der Waals surface area contributed by atoms with E-state index >= 15 is 0 Å². The summed E-state index contributed by atoms with van der Waals surface area (Å²) in [6.07, 6.45) is 3.46. The number of fused-ring (bicyclic) bond motifs is 1. The zero-order valence-electron chi connectivity index (χ0n) is 16.6. The molecule has 0 bridgehead atoms. The molecule has 5 rings (SSSR count). The Balaban J connectivity index is 1.40. The van der Waals surface area contributed by atoms with Crippen LogP contribution in [0.2, 0.25) is 0 Å². The van der Waals surface area contributed by atoms with Gasteiger partial charge in [-0.3, -0.25) is 14.2 Å². The Bertz CT molecular complexity index is 1270. The summed E-state index contributed by atoms with van der Waals surface area (Å²) in [6.45, 7) is 2.30. The molecule has 3 heterocycles. The first-order valence-corrected chi connectivity index (χ1v) is 10.8. The first kappa shape index (κ1) is 18.8. The van der Waals surface area contributed by atoms with Crippen molar-refractivity contribution < 1.29 is 9.21 Å². The topological polar surface area (TPSA) is 68.3 Å². The predicted molar refractivity (Wildman–Crippen MR) is 116 cm³/mol. The molecule has 152 valence electrons. The third kappa shape index (κ3) is 3.68. The molecular weight excluding hydrogens is 398 g/mol. The first-order chi connectivity index (χ1) is 14.6. The van der Waals surface area contributed by atoms with Gasteiger partial charge in [0.1, 0.15) is 22.8 Å². The molecule has 1 amide bonds. The fraction of sp³-hybridized carbons (Fsp3) is 0.261. The van der Waals surface area contributed by atoms with Crippen molar-refractivity contribution in [3.8, 4) is 10.4 Å². The van der Waals surface area contributed by atoms with Gasteiger partial charge in [0, 0.05) is 10.9 Å². The van der Waals surface area contributed by atoms with Crippen LogP contribution in [-0.2, 0) is 17.9 Å². The lowest BCUT2D eigenvalue weighted by Crippen LogP contribution is -2.37. The molecule has 3 aromatic heterocycles. The van der Waals surface area contributed by atoms with Crippen molar-refractivity contribution in [2.24, 2.45) is 0 Å². The maximum absolute atomic E-state index is 13.0. The number of hydrogen-bond acceptors (Lipinski definition) is 5. The van der Waals surface area contributed by atoms with Crippen molar-refractivity contribution in [3.63, 3.8) is 0 Å². The number of carbonyl (C=O) groups is 1. The predicted octanol–water partition coefficient (Wildman–Crippen LogP) is 4.22. The van der Waals surface area contributed by atoms with Crippen molar-refractivity contribution in [1.29, 1.82) is 0 Å². The molecule has 4 aromatic rings. The molecule has 1 fully saturated rings. The Kier molecular flexibility index (Phi) is 4.75. The minimum atomic E-state index is -0.176. The molecule has 0 atom stereocenters. The molecule has 30 heavy (non-hydrogen) atoms. The van der Waals surface area contributed by atoms with Gasteiger partial charge in [-0.1, -0.05) is 30.3 Å². The number of amides is 1. The molecule has 0 aliphatic heterocycles. The number of rotatable bonds is 6. The number of hydrogen-bond donors (Lipinski definition) is 0. The van der Waals surface area contributed by atoms with E-state index in [4.69, 9.17) is 4.42 Å². The van der Waals surface area contributed by atoms with Crippen LogP contribution in [0.25, 0.3) is 20.7 Å². The van der Waals surface area contributed by atoms with Crippen molar-refractivity contribution >= 4 is 27.5 Å². The second-order valence-electron chi connectivity index (χ2n) is 7.63. The fourth-order valence-corrected chi connectivity index (χ4v) is 4.65. The van der Waals surface area contributed by atoms with Crippen LogP contribution in [0.15, 0.2) is 64.1 Å². The smallest absolute Gasteiger partial charge is 0.271 e. The Morgan fingerprint density at radius 2 is 2.03 bits per heavy atom. The van der Waals surface area contributed by atoms with Crippen LogP contribution >= 0.6 is 11.3 Å². The van der Waals surface area contributed by atoms with Crippen molar-refractivity contribution in [2.45, 2.75) is 38.9 Å². The number of aromatic nitrogens is 2. The molecule has 6 nitrogen and oxygen atoms in total. The summed E-state index contributed by atoms with van der Waals surface area (Å²) >= 11 is 1.41. The van der Waals surface area contributed by atoms with E-state index in [1.807, 2.05) is 60.4 Å². The lowest BCUT2D eigenvalue weighted by molar-refractivity contribution is -0.133. The van der Waals surface area contributed by atoms with Crippen molar-refractivity contribution in [3.05, 3.63) is 76.7 Å². The number of carbonyl (C=O) groups excluding carboxylic acids is 1. The monoisotopic (exact) mass is 419 g/mol. The van der Waals surface area contributed by atoms with E-state index in [2.05, 4.69) is 4.98 Å². The Labute approximate surface area is 177 Å². The van der Waals surface area contributed by atoms with Crippen LogP contribution in [0, 0.1) is 6.92 Å². The second-order valence-corrected chi connectivity index (χ2v) is 8.69. The van der Waals surface area contributed by atoms with Crippen molar-refractivity contribution in [1.82, 2.24) is 14.5 Å². The minimum Gasteiger partial charge on any atom is -0.464 e. The molecule has 0 spiro atoms. The summed E-state index contributed by atoms with van der Waals surface area (Å²) in [6, 6.07) is 15.9. The number of thiophene rings is 1. The van der Waals surface area contributed by atoms with Gasteiger partial charge in [0.15, 0.2) is 0 Å². The summed E-state index contributed by atoms with van der Waals surface area (Å²) in [7, 11) is 0. The maximum atomic E-state index is 13.0. The third-order valence-electron chi connectivity index (χ3n) is 5.30. The molecule has 1 aromatic carbocycles. The molecule has 0 N–H and O–H groups in total. The molecule has 1 aliphatic rings. The zero-order chi connectivity index (χ0) is 20.7. The SMILES string of the molecule is Cc1ccc(CN(C(=O)Cn2cnc3cc(-c4ccccc4)sc3c2=O)C2CC2)o1. The summed E-state index contributed by atoms with van der Waals surface area (Å²) < 4.78 is 7.63. The van der Waals surface area contributed by atoms with Crippen LogP contribution < -0.4 is 5.56 Å². The van der Waals surface area contributed by atoms with Crippen LogP contribution in [0.3, 0.4) is 0 Å². The highest BCUT2D eigenvalue weighted by Gasteiger charge is 2.33. The van der Waals surface area contributed by atoms with E-state index in [9.17, 15) is 9.59 Å². The highest BCUT2D eigenvalue weighted by Crippen LogP contribution is 2.31. The Morgan fingerprint density at radius 1 is 1.23 bits per heavy atom. The lowest BCUT2D eigenvalue weighted by atomic mass is 10.2. The maximum Gasteiger partial charge on any atom is 0.271 e. The molecule has 1 aliphatic carbocycles. The summed E-state index contributed by atoms with van der Waals surface area (Å²) in [4.78, 5) is 33.3. The van der Waals surface area contributed by atoms with Gasteiger partial charge in [0.05, 0.1) is 18.4 Å². The van der Waals surface area contributed by atoms with Gasteiger partial charge in [0.2, 0.25) is 5.91 Å². The van der Waals surface area contributed by atoms with E-state index in [0.29, 0.717) is 16.8 Å². The minimum absolute atomic E-state index is 0.0173. The zero-order valence-corrected chi connectivity index (χ0v) is 17.4. The molecule has 7 heteroatoms. The summed E-state index contributed by atoms with van der Waals surface area (Å²) in [5.74, 6) is 1.50. The van der Waals surface area contributed by atoms with Gasteiger partial charge in [-0.15, -0.1) is 11.3 Å². The van der Waals surface area contributed by atoms with E-state index in [-0.39, 0.29) is 24.1 Å². The highest BCUT2D eigenvalue weighted by atomic mass is 32.1. The van der Waals surface area contributed by atoms with Crippen LogP contribution in [0.1, 0.15) is 24.4 Å². The quantitative estimate of drug-likeness (QED) is 0.469. The Hall–Kier alpha value is -3.19. The average Bonchev–Trinajstić information content (AvgIpc) is 3.36. The lowest BCUT2D eigenvalue weighted by Gasteiger charge is -2.21. The average molecular weight is 420 g/mol. The summed E-state index contributed by atoms with van der Waals surface area (Å²) in [5.41, 5.74) is 1.54. The largest absolute Gasteiger partial charge is 0.464 e. The number of nitrogens with zero attached hydrogens (tertiary/aromatic N) is 3. The third-order valence-corrected chi connectivity index (χ3v) is 6.46. The van der Waals surface area contributed by atoms with Crippen LogP contribution in [0.4, 0.5) is 0 Å². The van der Waals surface area contributed by atoms with Crippen LogP contribution in [-0.4, -0.2) is 26.4 Å². The molecule has 0 saturated heterocycles. The van der Waals surface area contributed by atoms with E-state index in [0.717, 1.165) is 34.8 Å². The van der Waals surface area contributed by atoms with E-state index < -0.39 is 0 Å². The van der Waals surface area contributed by atoms with Gasteiger partial charge >= 0.3 is 0 Å². The van der Waals surface area contributed by atoms with Gasteiger partial charge in [-0.25, -0.2) is 4.98 Å². The molecular formula is C23H21N3O3S. The molecule has 1 saturated carbocycles. The summed E-state index contributed by atoms with van der Waals surface area (Å²) in [5, 5.41) is 0. The fourth-order valence-electron chi connectivity index (χ4n) is 3.58. The van der Waals surface area contributed by atoms with E-state index in [1.165, 1.54) is 22.2 Å².